The van der Waals surface area contributed by atoms with Gasteiger partial charge in [0.2, 0.25) is 5.91 Å². The van der Waals surface area contributed by atoms with Gasteiger partial charge in [-0.15, -0.1) is 11.3 Å². The lowest BCUT2D eigenvalue weighted by Gasteiger charge is -2.35. The number of hydrogen-bond acceptors (Lipinski definition) is 3. The Morgan fingerprint density at radius 1 is 1.04 bits per heavy atom. The van der Waals surface area contributed by atoms with Gasteiger partial charge in [0.1, 0.15) is 11.6 Å². The topological polar surface area (TPSA) is 40.6 Å². The van der Waals surface area contributed by atoms with E-state index in [1.165, 1.54) is 10.9 Å². The highest BCUT2D eigenvalue weighted by molar-refractivity contribution is 7.10. The quantitative estimate of drug-likeness (QED) is 0.768. The molecule has 1 atom stereocenters. The fraction of sp³-hybridized carbons (Fsp3) is 0.429. The van der Waals surface area contributed by atoms with Gasteiger partial charge in [-0.05, 0) is 49.3 Å². The molecule has 2 fully saturated rings. The number of piperidine rings is 1. The summed E-state index contributed by atoms with van der Waals surface area (Å²) in [6.07, 6.45) is 3.14. The second-order valence-corrected chi connectivity index (χ2v) is 8.37. The summed E-state index contributed by atoms with van der Waals surface area (Å²) in [6, 6.07) is 7.26. The van der Waals surface area contributed by atoms with E-state index < -0.39 is 17.5 Å². The molecule has 28 heavy (non-hydrogen) atoms. The van der Waals surface area contributed by atoms with Crippen LogP contribution in [0, 0.1) is 17.6 Å². The fourth-order valence-corrected chi connectivity index (χ4v) is 5.08. The molecule has 1 aromatic heterocycles. The molecule has 0 bridgehead atoms. The molecule has 3 heterocycles. The Bertz CT molecular complexity index is 863. The molecule has 4 rings (SSSR count). The van der Waals surface area contributed by atoms with Crippen molar-refractivity contribution >= 4 is 23.2 Å². The van der Waals surface area contributed by atoms with Gasteiger partial charge in [0.25, 0.3) is 5.91 Å². The van der Waals surface area contributed by atoms with Gasteiger partial charge in [-0.3, -0.25) is 9.59 Å². The minimum Gasteiger partial charge on any atom is -0.339 e. The lowest BCUT2D eigenvalue weighted by molar-refractivity contribution is -0.137. The average molecular weight is 404 g/mol. The van der Waals surface area contributed by atoms with E-state index in [0.717, 1.165) is 31.5 Å². The van der Waals surface area contributed by atoms with Crippen LogP contribution in [0.15, 0.2) is 35.7 Å². The highest BCUT2D eigenvalue weighted by Crippen LogP contribution is 2.36. The maximum absolute atomic E-state index is 13.9. The molecule has 2 amide bonds. The van der Waals surface area contributed by atoms with Crippen molar-refractivity contribution in [3.8, 4) is 0 Å². The van der Waals surface area contributed by atoms with E-state index in [2.05, 4.69) is 6.07 Å². The number of halogens is 2. The summed E-state index contributed by atoms with van der Waals surface area (Å²) >= 11 is 1.68. The molecule has 0 aliphatic carbocycles. The van der Waals surface area contributed by atoms with Crippen LogP contribution in [0.1, 0.15) is 47.0 Å². The minimum absolute atomic E-state index is 0.109. The SMILES string of the molecule is O=C(c1ccc(F)cc1F)N1CCC(C(=O)N2CCCC2c2cccs2)CC1. The minimum atomic E-state index is -0.848. The standard InChI is InChI=1S/C21H22F2N2O2S/c22-15-5-6-16(17(23)13-15)21(27)24-10-7-14(8-11-24)20(26)25-9-1-3-18(25)19-4-2-12-28-19/h2,4-6,12-14,18H,1,3,7-11H2. The Balaban J connectivity index is 1.38. The van der Waals surface area contributed by atoms with Gasteiger partial charge in [0.05, 0.1) is 11.6 Å². The second kappa shape index (κ2) is 7.99. The van der Waals surface area contributed by atoms with Crippen molar-refractivity contribution in [2.75, 3.05) is 19.6 Å². The maximum Gasteiger partial charge on any atom is 0.256 e. The zero-order valence-corrected chi connectivity index (χ0v) is 16.3. The smallest absolute Gasteiger partial charge is 0.256 e. The molecule has 7 heteroatoms. The number of benzene rings is 1. The number of carbonyl (C=O) groups excluding carboxylic acids is 2. The molecule has 4 nitrogen and oxygen atoms in total. The Hall–Kier alpha value is -2.28. The third-order valence-corrected chi connectivity index (χ3v) is 6.67. The van der Waals surface area contributed by atoms with Crippen LogP contribution in [-0.4, -0.2) is 41.2 Å². The van der Waals surface area contributed by atoms with Crippen LogP contribution in [0.2, 0.25) is 0 Å². The molecule has 2 saturated heterocycles. The van der Waals surface area contributed by atoms with Crippen molar-refractivity contribution in [3.63, 3.8) is 0 Å². The Labute approximate surface area is 166 Å². The summed E-state index contributed by atoms with van der Waals surface area (Å²) in [7, 11) is 0. The van der Waals surface area contributed by atoms with Crippen molar-refractivity contribution < 1.29 is 18.4 Å². The predicted octanol–water partition coefficient (Wildman–Crippen LogP) is 4.24. The Kier molecular flexibility index (Phi) is 5.44. The van der Waals surface area contributed by atoms with Gasteiger partial charge < -0.3 is 9.80 Å². The number of carbonyl (C=O) groups is 2. The molecule has 2 aliphatic heterocycles. The molecule has 2 aromatic rings. The van der Waals surface area contributed by atoms with Gasteiger partial charge >= 0.3 is 0 Å². The molecular weight excluding hydrogens is 382 g/mol. The van der Waals surface area contributed by atoms with E-state index in [4.69, 9.17) is 0 Å². The van der Waals surface area contributed by atoms with Crippen LogP contribution in [0.3, 0.4) is 0 Å². The maximum atomic E-state index is 13.9. The molecule has 0 saturated carbocycles. The molecule has 1 aromatic carbocycles. The van der Waals surface area contributed by atoms with Crippen molar-refractivity contribution in [1.82, 2.24) is 9.80 Å². The second-order valence-electron chi connectivity index (χ2n) is 7.40. The summed E-state index contributed by atoms with van der Waals surface area (Å²) < 4.78 is 27.0. The van der Waals surface area contributed by atoms with Crippen molar-refractivity contribution in [3.05, 3.63) is 57.8 Å². The average Bonchev–Trinajstić information content (AvgIpc) is 3.38. The molecule has 0 spiro atoms. The van der Waals surface area contributed by atoms with E-state index in [0.29, 0.717) is 25.9 Å². The summed E-state index contributed by atoms with van der Waals surface area (Å²) in [6.45, 7) is 1.59. The lowest BCUT2D eigenvalue weighted by Crippen LogP contribution is -2.44. The number of thiophene rings is 1. The fourth-order valence-electron chi connectivity index (χ4n) is 4.20. The van der Waals surface area contributed by atoms with E-state index in [1.807, 2.05) is 16.3 Å². The first-order valence-corrected chi connectivity index (χ1v) is 10.5. The summed E-state index contributed by atoms with van der Waals surface area (Å²) in [4.78, 5) is 30.4. The highest BCUT2D eigenvalue weighted by atomic mass is 32.1. The van der Waals surface area contributed by atoms with Gasteiger partial charge in [-0.2, -0.15) is 0 Å². The summed E-state index contributed by atoms with van der Waals surface area (Å²) in [5.74, 6) is -1.94. The first-order valence-electron chi connectivity index (χ1n) is 9.63. The van der Waals surface area contributed by atoms with Gasteiger partial charge in [0, 0.05) is 36.5 Å². The van der Waals surface area contributed by atoms with Crippen LogP contribution in [0.5, 0.6) is 0 Å². The first-order chi connectivity index (χ1) is 13.5. The Morgan fingerprint density at radius 2 is 1.82 bits per heavy atom. The lowest BCUT2D eigenvalue weighted by atomic mass is 9.94. The molecule has 0 radical (unpaired) electrons. The van der Waals surface area contributed by atoms with Gasteiger partial charge in [0.15, 0.2) is 0 Å². The summed E-state index contributed by atoms with van der Waals surface area (Å²) in [5.41, 5.74) is -0.122. The number of rotatable bonds is 3. The first kappa shape index (κ1) is 19.1. The number of hydrogen-bond donors (Lipinski definition) is 0. The Morgan fingerprint density at radius 3 is 2.50 bits per heavy atom. The van der Waals surface area contributed by atoms with Crippen molar-refractivity contribution in [1.29, 1.82) is 0 Å². The number of nitrogens with zero attached hydrogens (tertiary/aromatic N) is 2. The molecule has 1 unspecified atom stereocenters. The third-order valence-electron chi connectivity index (χ3n) is 5.70. The van der Waals surface area contributed by atoms with Crippen LogP contribution in [0.25, 0.3) is 0 Å². The van der Waals surface area contributed by atoms with E-state index in [-0.39, 0.29) is 23.4 Å². The normalized spacial score (nSPS) is 20.6. The van der Waals surface area contributed by atoms with Crippen molar-refractivity contribution in [2.24, 2.45) is 5.92 Å². The van der Waals surface area contributed by atoms with Crippen molar-refractivity contribution in [2.45, 2.75) is 31.7 Å². The van der Waals surface area contributed by atoms with Crippen LogP contribution in [-0.2, 0) is 4.79 Å². The van der Waals surface area contributed by atoms with Crippen LogP contribution >= 0.6 is 11.3 Å². The molecule has 148 valence electrons. The van der Waals surface area contributed by atoms with E-state index in [1.54, 1.807) is 16.2 Å². The largest absolute Gasteiger partial charge is 0.339 e. The summed E-state index contributed by atoms with van der Waals surface area (Å²) in [5, 5.41) is 2.04. The van der Waals surface area contributed by atoms with Crippen LogP contribution in [0.4, 0.5) is 8.78 Å². The molecule has 2 aliphatic rings. The third kappa shape index (κ3) is 3.68. The van der Waals surface area contributed by atoms with Gasteiger partial charge in [-0.1, -0.05) is 6.07 Å². The zero-order chi connectivity index (χ0) is 19.7. The predicted molar refractivity (Wildman–Crippen MR) is 103 cm³/mol. The monoisotopic (exact) mass is 404 g/mol. The highest BCUT2D eigenvalue weighted by Gasteiger charge is 2.36. The number of amides is 2. The van der Waals surface area contributed by atoms with Crippen LogP contribution < -0.4 is 0 Å². The number of likely N-dealkylation sites (tertiary alicyclic amines) is 2. The van der Waals surface area contributed by atoms with E-state index in [9.17, 15) is 18.4 Å². The molecule has 0 N–H and O–H groups in total. The van der Waals surface area contributed by atoms with Gasteiger partial charge in [-0.25, -0.2) is 8.78 Å². The zero-order valence-electron chi connectivity index (χ0n) is 15.4. The molecular formula is C21H22F2N2O2S. The van der Waals surface area contributed by atoms with E-state index >= 15 is 0 Å².